The molecule has 0 bridgehead atoms. The zero-order chi connectivity index (χ0) is 22.0. The molecule has 0 fully saturated rings. The fourth-order valence-corrected chi connectivity index (χ4v) is 4.27. The Morgan fingerprint density at radius 2 is 1.84 bits per heavy atom. The van der Waals surface area contributed by atoms with Crippen LogP contribution in [0.15, 0.2) is 46.6 Å². The molecule has 31 heavy (non-hydrogen) atoms. The molecule has 2 N–H and O–H groups in total. The molecule has 0 saturated heterocycles. The number of aromatic nitrogens is 3. The summed E-state index contributed by atoms with van der Waals surface area (Å²) in [5, 5.41) is 6.01. The lowest BCUT2D eigenvalue weighted by Crippen LogP contribution is -2.14. The number of nitrogens with zero attached hydrogens (tertiary/aromatic N) is 2. The highest BCUT2D eigenvalue weighted by atomic mass is 32.1. The van der Waals surface area contributed by atoms with E-state index in [0.29, 0.717) is 41.1 Å². The quantitative estimate of drug-likeness (QED) is 0.452. The molecule has 0 aliphatic rings. The van der Waals surface area contributed by atoms with Crippen LogP contribution >= 0.6 is 11.3 Å². The van der Waals surface area contributed by atoms with E-state index in [1.807, 2.05) is 23.6 Å². The first kappa shape index (κ1) is 20.9. The van der Waals surface area contributed by atoms with Crippen LogP contribution in [0.1, 0.15) is 35.4 Å². The van der Waals surface area contributed by atoms with Crippen LogP contribution in [-0.2, 0) is 11.2 Å². The average molecular weight is 433 g/mol. The summed E-state index contributed by atoms with van der Waals surface area (Å²) in [6.07, 6.45) is 1.44. The molecule has 6 nitrogen and oxygen atoms in total. The molecule has 158 valence electrons. The molecule has 0 saturated carbocycles. The van der Waals surface area contributed by atoms with Gasteiger partial charge in [-0.15, -0.1) is 11.3 Å². The molecular weight excluding hydrogens is 408 g/mol. The Balaban J connectivity index is 1.36. The molecule has 2 heterocycles. The van der Waals surface area contributed by atoms with Gasteiger partial charge in [-0.3, -0.25) is 9.59 Å². The van der Waals surface area contributed by atoms with Gasteiger partial charge in [0.15, 0.2) is 5.13 Å². The number of carbonyl (C=O) groups excluding carboxylic acids is 1. The Morgan fingerprint density at radius 3 is 2.68 bits per heavy atom. The van der Waals surface area contributed by atoms with Crippen molar-refractivity contribution in [3.8, 4) is 11.3 Å². The van der Waals surface area contributed by atoms with Gasteiger partial charge in [-0.05, 0) is 62.1 Å². The number of fused-ring (bicyclic) bond motifs is 1. The highest BCUT2D eigenvalue weighted by Crippen LogP contribution is 2.29. The number of nitrogens with one attached hydrogen (secondary N) is 2. The molecule has 0 aliphatic heterocycles. The number of anilines is 1. The Hall–Kier alpha value is -3.32. The first-order chi connectivity index (χ1) is 14.9. The highest BCUT2D eigenvalue weighted by Gasteiger charge is 2.11. The Labute approximate surface area is 184 Å². The second kappa shape index (κ2) is 8.81. The lowest BCUT2D eigenvalue weighted by molar-refractivity contribution is -0.116. The van der Waals surface area contributed by atoms with Gasteiger partial charge in [0.1, 0.15) is 5.82 Å². The standard InChI is InChI=1S/C24H24N4O2S/c1-14-11-16(3)18(12-15(14)2)20-13-31-24(26-20)28-22(29)10-6-9-21-25-19-8-5-4-7-17(19)23(30)27-21/h4-5,7-8,11-13H,6,9-10H2,1-3H3,(H,25,27,30)(H,26,28,29). The first-order valence-corrected chi connectivity index (χ1v) is 11.1. The molecule has 0 spiro atoms. The van der Waals surface area contributed by atoms with Crippen LogP contribution in [-0.4, -0.2) is 20.9 Å². The van der Waals surface area contributed by atoms with Crippen LogP contribution in [0.3, 0.4) is 0 Å². The van der Waals surface area contributed by atoms with Crippen molar-refractivity contribution in [2.24, 2.45) is 0 Å². The second-order valence-corrected chi connectivity index (χ2v) is 8.58. The van der Waals surface area contributed by atoms with Crippen LogP contribution in [0.5, 0.6) is 0 Å². The number of benzene rings is 2. The van der Waals surface area contributed by atoms with Crippen molar-refractivity contribution in [1.29, 1.82) is 0 Å². The number of carbonyl (C=O) groups is 1. The summed E-state index contributed by atoms with van der Waals surface area (Å²) in [5.74, 6) is 0.499. The number of aromatic amines is 1. The van der Waals surface area contributed by atoms with Crippen molar-refractivity contribution in [2.75, 3.05) is 5.32 Å². The second-order valence-electron chi connectivity index (χ2n) is 7.72. The van der Waals surface area contributed by atoms with E-state index in [9.17, 15) is 9.59 Å². The van der Waals surface area contributed by atoms with Gasteiger partial charge >= 0.3 is 0 Å². The van der Waals surface area contributed by atoms with Crippen LogP contribution in [0.25, 0.3) is 22.2 Å². The van der Waals surface area contributed by atoms with Crippen molar-refractivity contribution in [1.82, 2.24) is 15.0 Å². The van der Waals surface area contributed by atoms with E-state index < -0.39 is 0 Å². The normalized spacial score (nSPS) is 11.1. The molecule has 0 radical (unpaired) electrons. The monoisotopic (exact) mass is 432 g/mol. The molecule has 2 aromatic carbocycles. The van der Waals surface area contributed by atoms with Gasteiger partial charge in [-0.25, -0.2) is 9.97 Å². The summed E-state index contributed by atoms with van der Waals surface area (Å²) in [6.45, 7) is 6.26. The van der Waals surface area contributed by atoms with E-state index in [4.69, 9.17) is 0 Å². The molecular formula is C24H24N4O2S. The third-order valence-corrected chi connectivity index (χ3v) is 6.10. The number of H-pyrrole nitrogens is 1. The summed E-state index contributed by atoms with van der Waals surface area (Å²) in [7, 11) is 0. The van der Waals surface area contributed by atoms with Gasteiger partial charge in [0.2, 0.25) is 5.91 Å². The highest BCUT2D eigenvalue weighted by molar-refractivity contribution is 7.14. The average Bonchev–Trinajstić information content (AvgIpc) is 3.19. The predicted molar refractivity (Wildman–Crippen MR) is 126 cm³/mol. The van der Waals surface area contributed by atoms with Gasteiger partial charge < -0.3 is 10.3 Å². The number of hydrogen-bond acceptors (Lipinski definition) is 5. The minimum absolute atomic E-state index is 0.0964. The van der Waals surface area contributed by atoms with Crippen molar-refractivity contribution in [3.05, 3.63) is 74.6 Å². The minimum Gasteiger partial charge on any atom is -0.310 e. The van der Waals surface area contributed by atoms with Crippen LogP contribution in [0.2, 0.25) is 0 Å². The Kier molecular flexibility index (Phi) is 5.95. The van der Waals surface area contributed by atoms with Crippen LogP contribution in [0, 0.1) is 20.8 Å². The van der Waals surface area contributed by atoms with Gasteiger partial charge in [-0.1, -0.05) is 18.2 Å². The number of aryl methyl sites for hydroxylation is 4. The molecule has 0 unspecified atom stereocenters. The molecule has 0 atom stereocenters. The van der Waals surface area contributed by atoms with Gasteiger partial charge in [0, 0.05) is 23.8 Å². The van der Waals surface area contributed by atoms with Crippen molar-refractivity contribution < 1.29 is 4.79 Å². The Bertz CT molecular complexity index is 1320. The van der Waals surface area contributed by atoms with E-state index in [1.165, 1.54) is 28.0 Å². The number of rotatable bonds is 6. The summed E-state index contributed by atoms with van der Waals surface area (Å²) in [6, 6.07) is 11.5. The molecule has 4 rings (SSSR count). The summed E-state index contributed by atoms with van der Waals surface area (Å²) in [5.41, 5.74) is 6.13. The van der Waals surface area contributed by atoms with Crippen molar-refractivity contribution in [2.45, 2.75) is 40.0 Å². The fourth-order valence-electron chi connectivity index (χ4n) is 3.54. The fraction of sp³-hybridized carbons (Fsp3) is 0.250. The van der Waals surface area contributed by atoms with E-state index >= 15 is 0 Å². The van der Waals surface area contributed by atoms with Gasteiger partial charge in [0.05, 0.1) is 16.6 Å². The molecule has 2 aromatic heterocycles. The van der Waals surface area contributed by atoms with Gasteiger partial charge in [0.25, 0.3) is 5.56 Å². The molecule has 7 heteroatoms. The Morgan fingerprint density at radius 1 is 1.06 bits per heavy atom. The van der Waals surface area contributed by atoms with E-state index in [-0.39, 0.29) is 11.5 Å². The van der Waals surface area contributed by atoms with E-state index in [0.717, 1.165) is 11.3 Å². The van der Waals surface area contributed by atoms with E-state index in [2.05, 4.69) is 53.2 Å². The van der Waals surface area contributed by atoms with Gasteiger partial charge in [-0.2, -0.15) is 0 Å². The topological polar surface area (TPSA) is 87.7 Å². The predicted octanol–water partition coefficient (Wildman–Crippen LogP) is 4.93. The maximum Gasteiger partial charge on any atom is 0.258 e. The maximum atomic E-state index is 12.4. The largest absolute Gasteiger partial charge is 0.310 e. The third-order valence-electron chi connectivity index (χ3n) is 5.35. The lowest BCUT2D eigenvalue weighted by Gasteiger charge is -2.07. The summed E-state index contributed by atoms with van der Waals surface area (Å²) in [4.78, 5) is 36.4. The minimum atomic E-state index is -0.151. The van der Waals surface area contributed by atoms with Crippen LogP contribution in [0.4, 0.5) is 5.13 Å². The zero-order valence-electron chi connectivity index (χ0n) is 17.8. The summed E-state index contributed by atoms with van der Waals surface area (Å²) >= 11 is 1.42. The smallest absolute Gasteiger partial charge is 0.258 e. The molecule has 1 amide bonds. The van der Waals surface area contributed by atoms with Crippen molar-refractivity contribution >= 4 is 33.3 Å². The number of para-hydroxylation sites is 1. The van der Waals surface area contributed by atoms with Crippen LogP contribution < -0.4 is 10.9 Å². The number of hydrogen-bond donors (Lipinski definition) is 2. The maximum absolute atomic E-state index is 12.4. The SMILES string of the molecule is Cc1cc(C)c(-c2csc(NC(=O)CCCc3nc4ccccc4c(=O)[nH]3)n2)cc1C. The number of amides is 1. The number of thiazole rings is 1. The third kappa shape index (κ3) is 4.72. The first-order valence-electron chi connectivity index (χ1n) is 10.2. The van der Waals surface area contributed by atoms with E-state index in [1.54, 1.807) is 6.07 Å². The zero-order valence-corrected chi connectivity index (χ0v) is 18.6. The molecule has 0 aliphatic carbocycles. The molecule has 4 aromatic rings. The lowest BCUT2D eigenvalue weighted by atomic mass is 9.99. The summed E-state index contributed by atoms with van der Waals surface area (Å²) < 4.78 is 0. The van der Waals surface area contributed by atoms with Crippen molar-refractivity contribution in [3.63, 3.8) is 0 Å².